The lowest BCUT2D eigenvalue weighted by Crippen LogP contribution is -2.39. The number of aromatic nitrogens is 4. The number of allylic oxidation sites excluding steroid dienone is 1. The second kappa shape index (κ2) is 9.49. The van der Waals surface area contributed by atoms with Crippen LogP contribution in [0, 0.1) is 6.92 Å². The van der Waals surface area contributed by atoms with Crippen molar-refractivity contribution in [3.63, 3.8) is 0 Å². The molecule has 1 amide bonds. The molecule has 1 aromatic heterocycles. The van der Waals surface area contributed by atoms with Crippen molar-refractivity contribution >= 4 is 29.2 Å². The average Bonchev–Trinajstić information content (AvgIpc) is 3.35. The fourth-order valence-corrected chi connectivity index (χ4v) is 4.11. The van der Waals surface area contributed by atoms with Gasteiger partial charge in [0.2, 0.25) is 5.91 Å². The van der Waals surface area contributed by atoms with Crippen molar-refractivity contribution in [2.24, 2.45) is 0 Å². The summed E-state index contributed by atoms with van der Waals surface area (Å²) in [6, 6.07) is 25.4. The van der Waals surface area contributed by atoms with Crippen LogP contribution in [0.5, 0.6) is 0 Å². The minimum atomic E-state index is -0.232. The maximum Gasteiger partial charge on any atom is 0.251 e. The third-order valence-corrected chi connectivity index (χ3v) is 6.03. The number of aryl methyl sites for hydroxylation is 1. The first-order valence-corrected chi connectivity index (χ1v) is 11.4. The van der Waals surface area contributed by atoms with E-state index in [9.17, 15) is 4.79 Å². The van der Waals surface area contributed by atoms with E-state index in [-0.39, 0.29) is 18.5 Å². The Morgan fingerprint density at radius 1 is 1.00 bits per heavy atom. The normalized spacial score (nSPS) is 14.9. The first-order chi connectivity index (χ1) is 16.6. The number of nitrogens with one attached hydrogen (secondary N) is 1. The molecule has 34 heavy (non-hydrogen) atoms. The van der Waals surface area contributed by atoms with Gasteiger partial charge in [-0.15, -0.1) is 0 Å². The van der Waals surface area contributed by atoms with Crippen molar-refractivity contribution in [2.75, 3.05) is 11.4 Å². The van der Waals surface area contributed by atoms with Gasteiger partial charge < -0.3 is 5.32 Å². The molecule has 0 saturated carbocycles. The van der Waals surface area contributed by atoms with Crippen LogP contribution in [-0.2, 0) is 11.3 Å². The Labute approximate surface area is 202 Å². The second-order valence-corrected chi connectivity index (χ2v) is 8.62. The summed E-state index contributed by atoms with van der Waals surface area (Å²) in [5.74, 6) is 0.383. The summed E-state index contributed by atoms with van der Waals surface area (Å²) in [5.41, 5.74) is 5.07. The largest absolute Gasteiger partial charge is 0.350 e. The molecule has 1 aliphatic heterocycles. The van der Waals surface area contributed by atoms with Crippen LogP contribution in [0.3, 0.4) is 0 Å². The van der Waals surface area contributed by atoms with Gasteiger partial charge in [0, 0.05) is 11.6 Å². The van der Waals surface area contributed by atoms with E-state index in [1.807, 2.05) is 90.7 Å². The van der Waals surface area contributed by atoms with Crippen LogP contribution in [0.25, 0.3) is 5.70 Å². The highest BCUT2D eigenvalue weighted by Gasteiger charge is 2.31. The molecule has 1 aliphatic rings. The van der Waals surface area contributed by atoms with Gasteiger partial charge in [0.05, 0.1) is 5.70 Å². The highest BCUT2D eigenvalue weighted by molar-refractivity contribution is 6.30. The van der Waals surface area contributed by atoms with E-state index in [0.717, 1.165) is 22.4 Å². The molecule has 5 rings (SSSR count). The number of hydrogen-bond donors (Lipinski definition) is 1. The molecular formula is C26H23ClN6O. The smallest absolute Gasteiger partial charge is 0.251 e. The molecule has 3 aromatic carbocycles. The predicted octanol–water partition coefficient (Wildman–Crippen LogP) is 4.40. The van der Waals surface area contributed by atoms with Crippen molar-refractivity contribution < 1.29 is 4.79 Å². The van der Waals surface area contributed by atoms with Crippen LogP contribution < -0.4 is 10.2 Å². The lowest BCUT2D eigenvalue weighted by molar-refractivity contribution is -0.119. The van der Waals surface area contributed by atoms with E-state index in [4.69, 9.17) is 11.6 Å². The number of carbonyl (C=O) groups excluding carboxylic acids is 1. The average molecular weight is 471 g/mol. The predicted molar refractivity (Wildman–Crippen MR) is 132 cm³/mol. The summed E-state index contributed by atoms with van der Waals surface area (Å²) in [4.78, 5) is 14.8. The van der Waals surface area contributed by atoms with Gasteiger partial charge in [0.1, 0.15) is 12.6 Å². The SMILES string of the molecule is Cc1ccc(CNC(=O)CN2C(c3ccccc3)=CC(c3ccc(Cl)cc3)n3nnnc32)cc1. The summed E-state index contributed by atoms with van der Waals surface area (Å²) in [6.07, 6.45) is 2.08. The van der Waals surface area contributed by atoms with Crippen molar-refractivity contribution in [3.05, 3.63) is 112 Å². The van der Waals surface area contributed by atoms with Gasteiger partial charge in [-0.3, -0.25) is 9.69 Å². The lowest BCUT2D eigenvalue weighted by Gasteiger charge is -2.32. The van der Waals surface area contributed by atoms with Crippen LogP contribution >= 0.6 is 11.6 Å². The molecular weight excluding hydrogens is 448 g/mol. The first-order valence-electron chi connectivity index (χ1n) is 11.0. The highest BCUT2D eigenvalue weighted by Crippen LogP contribution is 2.36. The molecule has 0 radical (unpaired) electrons. The van der Waals surface area contributed by atoms with Gasteiger partial charge in [-0.2, -0.15) is 4.68 Å². The minimum absolute atomic E-state index is 0.0836. The third-order valence-electron chi connectivity index (χ3n) is 5.78. The van der Waals surface area contributed by atoms with Crippen LogP contribution in [-0.4, -0.2) is 32.7 Å². The van der Waals surface area contributed by atoms with E-state index < -0.39 is 0 Å². The molecule has 7 nitrogen and oxygen atoms in total. The number of amides is 1. The second-order valence-electron chi connectivity index (χ2n) is 8.19. The standard InChI is InChI=1S/C26H23ClN6O/c1-18-7-9-19(10-8-18)16-28-25(34)17-32-23(20-5-3-2-4-6-20)15-24(33-26(32)29-30-31-33)21-11-13-22(27)14-12-21/h2-15,24H,16-17H2,1H3,(H,28,34). The number of benzene rings is 3. The van der Waals surface area contributed by atoms with E-state index in [1.54, 1.807) is 4.68 Å². The summed E-state index contributed by atoms with van der Waals surface area (Å²) >= 11 is 6.10. The third kappa shape index (κ3) is 4.56. The Kier molecular flexibility index (Phi) is 6.10. The number of nitrogens with zero attached hydrogens (tertiary/aromatic N) is 5. The van der Waals surface area contributed by atoms with Gasteiger partial charge in [-0.1, -0.05) is 89.0 Å². The Hall–Kier alpha value is -3.97. The highest BCUT2D eigenvalue weighted by atomic mass is 35.5. The Bertz CT molecular complexity index is 1320. The van der Waals surface area contributed by atoms with Crippen LogP contribution in [0.1, 0.15) is 28.3 Å². The van der Waals surface area contributed by atoms with Crippen molar-refractivity contribution in [1.82, 2.24) is 25.5 Å². The molecule has 0 spiro atoms. The number of halogens is 1. The Balaban J connectivity index is 1.45. The van der Waals surface area contributed by atoms with Gasteiger partial charge in [-0.25, -0.2) is 0 Å². The van der Waals surface area contributed by atoms with Gasteiger partial charge in [0.25, 0.3) is 5.95 Å². The molecule has 0 bridgehead atoms. The molecule has 2 heterocycles. The quantitative estimate of drug-likeness (QED) is 0.452. The number of carbonyl (C=O) groups is 1. The van der Waals surface area contributed by atoms with Gasteiger partial charge in [0.15, 0.2) is 0 Å². The zero-order chi connectivity index (χ0) is 23.5. The molecule has 0 fully saturated rings. The molecule has 0 aliphatic carbocycles. The fraction of sp³-hybridized carbons (Fsp3) is 0.154. The Morgan fingerprint density at radius 2 is 1.74 bits per heavy atom. The first kappa shape index (κ1) is 21.9. The monoisotopic (exact) mass is 470 g/mol. The van der Waals surface area contributed by atoms with Gasteiger partial charge in [-0.05, 0) is 52.2 Å². The summed E-state index contributed by atoms with van der Waals surface area (Å²) in [5, 5.41) is 16.1. The van der Waals surface area contributed by atoms with E-state index in [2.05, 4.69) is 26.9 Å². The van der Waals surface area contributed by atoms with E-state index in [0.29, 0.717) is 17.5 Å². The van der Waals surface area contributed by atoms with Crippen molar-refractivity contribution in [1.29, 1.82) is 0 Å². The van der Waals surface area contributed by atoms with Crippen molar-refractivity contribution in [3.8, 4) is 0 Å². The minimum Gasteiger partial charge on any atom is -0.350 e. The topological polar surface area (TPSA) is 75.9 Å². The lowest BCUT2D eigenvalue weighted by atomic mass is 10.0. The molecule has 4 aromatic rings. The van der Waals surface area contributed by atoms with Crippen LogP contribution in [0.2, 0.25) is 5.02 Å². The summed E-state index contributed by atoms with van der Waals surface area (Å²) < 4.78 is 1.73. The molecule has 8 heteroatoms. The van der Waals surface area contributed by atoms with E-state index >= 15 is 0 Å². The number of tetrazole rings is 1. The van der Waals surface area contributed by atoms with Crippen LogP contribution in [0.4, 0.5) is 5.95 Å². The molecule has 1 atom stereocenters. The zero-order valence-electron chi connectivity index (χ0n) is 18.6. The Morgan fingerprint density at radius 3 is 2.47 bits per heavy atom. The summed E-state index contributed by atoms with van der Waals surface area (Å²) in [7, 11) is 0. The zero-order valence-corrected chi connectivity index (χ0v) is 19.4. The maximum atomic E-state index is 13.0. The van der Waals surface area contributed by atoms with Gasteiger partial charge >= 0.3 is 0 Å². The molecule has 0 saturated heterocycles. The molecule has 1 unspecified atom stereocenters. The fourth-order valence-electron chi connectivity index (χ4n) is 3.98. The number of anilines is 1. The maximum absolute atomic E-state index is 13.0. The van der Waals surface area contributed by atoms with Crippen molar-refractivity contribution in [2.45, 2.75) is 19.5 Å². The number of fused-ring (bicyclic) bond motifs is 1. The molecule has 1 N–H and O–H groups in total. The number of hydrogen-bond acceptors (Lipinski definition) is 5. The van der Waals surface area contributed by atoms with Crippen LogP contribution in [0.15, 0.2) is 84.9 Å². The molecule has 170 valence electrons. The number of rotatable bonds is 6. The summed E-state index contributed by atoms with van der Waals surface area (Å²) in [6.45, 7) is 2.58. The van der Waals surface area contributed by atoms with E-state index in [1.165, 1.54) is 5.56 Å².